The molecule has 0 spiro atoms. The number of amidine groups is 1. The molecule has 20 heavy (non-hydrogen) atoms. The van der Waals surface area contributed by atoms with E-state index in [0.29, 0.717) is 17.0 Å². The summed E-state index contributed by atoms with van der Waals surface area (Å²) in [4.78, 5) is 12.8. The number of oxime groups is 1. The van der Waals surface area contributed by atoms with Crippen molar-refractivity contribution in [3.05, 3.63) is 10.6 Å². The molecule has 1 atom stereocenters. The molecule has 0 radical (unpaired) electrons. The minimum Gasteiger partial charge on any atom is -0.409 e. The topological polar surface area (TPSA) is 113 Å². The van der Waals surface area contributed by atoms with E-state index in [4.69, 9.17) is 10.9 Å². The number of hydrogen-bond acceptors (Lipinski definition) is 6. The third-order valence-electron chi connectivity index (χ3n) is 3.17. The number of nitrogens with one attached hydrogen (secondary N) is 1. The molecular formula is C12H21N5O2S. The summed E-state index contributed by atoms with van der Waals surface area (Å²) >= 11 is 1.04. The molecule has 1 rings (SSSR count). The number of amides is 1. The predicted molar refractivity (Wildman–Crippen MR) is 78.2 cm³/mol. The van der Waals surface area contributed by atoms with E-state index in [1.54, 1.807) is 6.92 Å². The normalized spacial score (nSPS) is 15.8. The molecule has 0 fully saturated rings. The Kier molecular flexibility index (Phi) is 4.69. The Labute approximate surface area is 122 Å². The lowest BCUT2D eigenvalue weighted by Crippen LogP contribution is -2.55. The molecule has 4 N–H and O–H groups in total. The summed E-state index contributed by atoms with van der Waals surface area (Å²) in [6.45, 7) is 9.42. The second kappa shape index (κ2) is 5.74. The van der Waals surface area contributed by atoms with E-state index in [9.17, 15) is 4.79 Å². The first-order valence-electron chi connectivity index (χ1n) is 6.29. The molecule has 0 aromatic carbocycles. The van der Waals surface area contributed by atoms with Crippen molar-refractivity contribution < 1.29 is 10.0 Å². The number of nitrogens with two attached hydrogens (primary N) is 1. The van der Waals surface area contributed by atoms with Crippen LogP contribution < -0.4 is 11.1 Å². The van der Waals surface area contributed by atoms with Gasteiger partial charge in [-0.1, -0.05) is 37.3 Å². The minimum absolute atomic E-state index is 0.0388. The standard InChI is InChI=1S/C12H21N5O2S/c1-6-12(5,10(13)16-19)14-9(18)7-8(11(2,3)4)15-17-20-7/h19H,6H2,1-5H3,(H2,13,16)(H,14,18). The summed E-state index contributed by atoms with van der Waals surface area (Å²) in [5, 5.41) is 18.6. The van der Waals surface area contributed by atoms with Gasteiger partial charge in [-0.15, -0.1) is 5.10 Å². The Morgan fingerprint density at radius 3 is 2.50 bits per heavy atom. The number of nitrogens with zero attached hydrogens (tertiary/aromatic N) is 3. The molecule has 1 unspecified atom stereocenters. The van der Waals surface area contributed by atoms with Crippen LogP contribution >= 0.6 is 11.5 Å². The van der Waals surface area contributed by atoms with E-state index in [2.05, 4.69) is 20.1 Å². The van der Waals surface area contributed by atoms with Gasteiger partial charge in [0.15, 0.2) is 5.84 Å². The van der Waals surface area contributed by atoms with Gasteiger partial charge in [-0.05, 0) is 24.9 Å². The minimum atomic E-state index is -0.912. The number of carbonyl (C=O) groups is 1. The van der Waals surface area contributed by atoms with E-state index >= 15 is 0 Å². The molecule has 1 amide bonds. The van der Waals surface area contributed by atoms with Gasteiger partial charge in [-0.3, -0.25) is 4.79 Å². The Balaban J connectivity index is 3.06. The van der Waals surface area contributed by atoms with Gasteiger partial charge in [0.05, 0.1) is 11.2 Å². The SMILES string of the molecule is CCC(C)(NC(=O)c1snnc1C(C)(C)C)C(N)=NO. The molecule has 0 aliphatic heterocycles. The molecule has 112 valence electrons. The summed E-state index contributed by atoms with van der Waals surface area (Å²) in [5.74, 6) is -0.357. The smallest absolute Gasteiger partial charge is 0.265 e. The van der Waals surface area contributed by atoms with Gasteiger partial charge in [0.25, 0.3) is 5.91 Å². The van der Waals surface area contributed by atoms with Crippen molar-refractivity contribution >= 4 is 23.3 Å². The van der Waals surface area contributed by atoms with Crippen molar-refractivity contribution in [2.24, 2.45) is 10.9 Å². The molecule has 0 saturated carbocycles. The van der Waals surface area contributed by atoms with E-state index in [1.165, 1.54) is 0 Å². The molecule has 1 aromatic rings. The molecule has 0 saturated heterocycles. The lowest BCUT2D eigenvalue weighted by molar-refractivity contribution is 0.0926. The first kappa shape index (κ1) is 16.4. The fraction of sp³-hybridized carbons (Fsp3) is 0.667. The number of rotatable bonds is 4. The maximum atomic E-state index is 12.4. The molecule has 7 nitrogen and oxygen atoms in total. The predicted octanol–water partition coefficient (Wildman–Crippen LogP) is 1.48. The van der Waals surface area contributed by atoms with Crippen molar-refractivity contribution in [3.8, 4) is 0 Å². The van der Waals surface area contributed by atoms with Crippen molar-refractivity contribution in [2.75, 3.05) is 0 Å². The van der Waals surface area contributed by atoms with Gasteiger partial charge in [-0.25, -0.2) is 0 Å². The van der Waals surface area contributed by atoms with Crippen LogP contribution in [0.5, 0.6) is 0 Å². The molecule has 1 aromatic heterocycles. The Morgan fingerprint density at radius 1 is 1.45 bits per heavy atom. The Bertz CT molecular complexity index is 520. The fourth-order valence-corrected chi connectivity index (χ4v) is 2.35. The zero-order valence-corrected chi connectivity index (χ0v) is 13.2. The van der Waals surface area contributed by atoms with Crippen LogP contribution in [0.4, 0.5) is 0 Å². The highest BCUT2D eigenvalue weighted by atomic mass is 32.1. The molecule has 1 heterocycles. The zero-order chi connectivity index (χ0) is 15.6. The zero-order valence-electron chi connectivity index (χ0n) is 12.4. The molecular weight excluding hydrogens is 278 g/mol. The lowest BCUT2D eigenvalue weighted by atomic mass is 9.91. The van der Waals surface area contributed by atoms with Crippen molar-refractivity contribution in [1.82, 2.24) is 14.9 Å². The van der Waals surface area contributed by atoms with Crippen LogP contribution in [0.2, 0.25) is 0 Å². The Morgan fingerprint density at radius 2 is 2.05 bits per heavy atom. The van der Waals surface area contributed by atoms with E-state index in [-0.39, 0.29) is 17.2 Å². The monoisotopic (exact) mass is 299 g/mol. The maximum absolute atomic E-state index is 12.4. The summed E-state index contributed by atoms with van der Waals surface area (Å²) in [6.07, 6.45) is 0.492. The number of hydrogen-bond donors (Lipinski definition) is 3. The van der Waals surface area contributed by atoms with Crippen LogP contribution in [0.15, 0.2) is 5.16 Å². The van der Waals surface area contributed by atoms with Gasteiger partial charge in [0, 0.05) is 5.41 Å². The fourth-order valence-electron chi connectivity index (χ4n) is 1.58. The average molecular weight is 299 g/mol. The van der Waals surface area contributed by atoms with E-state index in [1.807, 2.05) is 27.7 Å². The molecule has 0 bridgehead atoms. The van der Waals surface area contributed by atoms with Crippen molar-refractivity contribution in [3.63, 3.8) is 0 Å². The maximum Gasteiger partial charge on any atom is 0.265 e. The van der Waals surface area contributed by atoms with Crippen LogP contribution in [0.3, 0.4) is 0 Å². The van der Waals surface area contributed by atoms with Gasteiger partial charge in [0.1, 0.15) is 4.88 Å². The first-order chi connectivity index (χ1) is 9.15. The van der Waals surface area contributed by atoms with Gasteiger partial charge in [0.2, 0.25) is 0 Å². The first-order valence-corrected chi connectivity index (χ1v) is 7.06. The third-order valence-corrected chi connectivity index (χ3v) is 3.90. The highest BCUT2D eigenvalue weighted by Gasteiger charge is 2.33. The van der Waals surface area contributed by atoms with Gasteiger partial charge < -0.3 is 16.3 Å². The average Bonchev–Trinajstić information content (AvgIpc) is 2.86. The second-order valence-corrected chi connectivity index (χ2v) is 6.58. The van der Waals surface area contributed by atoms with Crippen LogP contribution in [0.25, 0.3) is 0 Å². The van der Waals surface area contributed by atoms with Crippen LogP contribution in [-0.2, 0) is 5.41 Å². The largest absolute Gasteiger partial charge is 0.409 e. The highest BCUT2D eigenvalue weighted by molar-refractivity contribution is 7.08. The number of carbonyl (C=O) groups excluding carboxylic acids is 1. The van der Waals surface area contributed by atoms with Crippen LogP contribution in [0, 0.1) is 0 Å². The summed E-state index contributed by atoms with van der Waals surface area (Å²) < 4.78 is 3.85. The van der Waals surface area contributed by atoms with Gasteiger partial charge in [-0.2, -0.15) is 0 Å². The molecule has 0 aliphatic rings. The van der Waals surface area contributed by atoms with E-state index < -0.39 is 5.54 Å². The lowest BCUT2D eigenvalue weighted by Gasteiger charge is -2.28. The third kappa shape index (κ3) is 3.24. The van der Waals surface area contributed by atoms with Crippen molar-refractivity contribution in [1.29, 1.82) is 0 Å². The van der Waals surface area contributed by atoms with Crippen LogP contribution in [0.1, 0.15) is 56.4 Å². The summed E-state index contributed by atoms with van der Waals surface area (Å²) in [7, 11) is 0. The summed E-state index contributed by atoms with van der Waals surface area (Å²) in [6, 6.07) is 0. The number of aromatic nitrogens is 2. The van der Waals surface area contributed by atoms with E-state index in [0.717, 1.165) is 11.5 Å². The van der Waals surface area contributed by atoms with Gasteiger partial charge >= 0.3 is 0 Å². The van der Waals surface area contributed by atoms with Crippen LogP contribution in [-0.4, -0.2) is 32.1 Å². The molecule has 0 aliphatic carbocycles. The quantitative estimate of drug-likeness (QED) is 0.337. The molecule has 8 heteroatoms. The highest BCUT2D eigenvalue weighted by Crippen LogP contribution is 2.26. The van der Waals surface area contributed by atoms with Crippen molar-refractivity contribution in [2.45, 2.75) is 52.0 Å². The second-order valence-electron chi connectivity index (χ2n) is 5.83. The summed E-state index contributed by atoms with van der Waals surface area (Å²) in [5.41, 5.74) is 5.09. The Hall–Kier alpha value is -1.70.